The molecule has 0 unspecified atom stereocenters. The summed E-state index contributed by atoms with van der Waals surface area (Å²) in [4.78, 5) is 4.34. The Morgan fingerprint density at radius 2 is 2.33 bits per heavy atom. The summed E-state index contributed by atoms with van der Waals surface area (Å²) in [5, 5.41) is 7.91. The topological polar surface area (TPSA) is 64.9 Å². The molecule has 0 saturated carbocycles. The molecule has 0 aromatic carbocycles. The maximum atomic E-state index is 5.64. The Kier molecular flexibility index (Phi) is 2.58. The van der Waals surface area contributed by atoms with Gasteiger partial charge in [0.05, 0.1) is 5.41 Å². The minimum atomic E-state index is -0.263. The molecular weight excluding hydrogens is 210 g/mol. The molecule has 0 saturated heterocycles. The molecule has 0 amide bonds. The Morgan fingerprint density at radius 1 is 1.53 bits per heavy atom. The largest absolute Gasteiger partial charge is 0.338 e. The highest BCUT2D eigenvalue weighted by atomic mass is 32.1. The van der Waals surface area contributed by atoms with Gasteiger partial charge in [0.15, 0.2) is 0 Å². The molecule has 0 spiro atoms. The number of hydrogen-bond donors (Lipinski definition) is 1. The van der Waals surface area contributed by atoms with Crippen molar-refractivity contribution in [3.8, 4) is 11.4 Å². The number of thiophene rings is 1. The van der Waals surface area contributed by atoms with Gasteiger partial charge >= 0.3 is 0 Å². The van der Waals surface area contributed by atoms with E-state index in [2.05, 4.69) is 10.1 Å². The second kappa shape index (κ2) is 3.75. The third-order valence-corrected chi connectivity index (χ3v) is 2.98. The third-order valence-electron chi connectivity index (χ3n) is 2.29. The summed E-state index contributed by atoms with van der Waals surface area (Å²) >= 11 is 1.61. The van der Waals surface area contributed by atoms with Gasteiger partial charge in [0.25, 0.3) is 0 Å². The molecule has 80 valence electrons. The van der Waals surface area contributed by atoms with Crippen molar-refractivity contribution in [3.05, 3.63) is 22.7 Å². The summed E-state index contributed by atoms with van der Waals surface area (Å²) in [6.07, 6.45) is 0. The Hall–Kier alpha value is -1.20. The van der Waals surface area contributed by atoms with E-state index in [0.717, 1.165) is 5.56 Å². The zero-order valence-electron chi connectivity index (χ0n) is 8.73. The predicted molar refractivity (Wildman–Crippen MR) is 59.7 cm³/mol. The van der Waals surface area contributed by atoms with Crippen molar-refractivity contribution in [2.24, 2.45) is 5.73 Å². The molecule has 0 aliphatic heterocycles. The van der Waals surface area contributed by atoms with E-state index >= 15 is 0 Å². The molecule has 2 heterocycles. The van der Waals surface area contributed by atoms with Gasteiger partial charge in [0.1, 0.15) is 0 Å². The van der Waals surface area contributed by atoms with Crippen molar-refractivity contribution >= 4 is 11.3 Å². The van der Waals surface area contributed by atoms with Gasteiger partial charge in [-0.2, -0.15) is 16.3 Å². The second-order valence-corrected chi connectivity index (χ2v) is 4.80. The van der Waals surface area contributed by atoms with E-state index in [9.17, 15) is 0 Å². The minimum Gasteiger partial charge on any atom is -0.338 e. The summed E-state index contributed by atoms with van der Waals surface area (Å²) in [5.74, 6) is 1.22. The summed E-state index contributed by atoms with van der Waals surface area (Å²) in [6.45, 7) is 4.45. The minimum absolute atomic E-state index is 0.263. The number of hydrogen-bond acceptors (Lipinski definition) is 5. The van der Waals surface area contributed by atoms with Crippen LogP contribution in [0, 0.1) is 0 Å². The molecular formula is C10H13N3OS. The van der Waals surface area contributed by atoms with Crippen LogP contribution in [0.15, 0.2) is 21.3 Å². The lowest BCUT2D eigenvalue weighted by atomic mass is 9.94. The molecule has 4 nitrogen and oxygen atoms in total. The summed E-state index contributed by atoms with van der Waals surface area (Å²) in [6, 6.07) is 1.97. The molecule has 0 aliphatic carbocycles. The Labute approximate surface area is 92.1 Å². The lowest BCUT2D eigenvalue weighted by Crippen LogP contribution is -2.28. The Bertz CT molecular complexity index is 433. The summed E-state index contributed by atoms with van der Waals surface area (Å²) in [7, 11) is 0. The maximum absolute atomic E-state index is 5.64. The monoisotopic (exact) mass is 223 g/mol. The quantitative estimate of drug-likeness (QED) is 0.864. The normalized spacial score (nSPS) is 11.9. The summed E-state index contributed by atoms with van der Waals surface area (Å²) in [5.41, 5.74) is 6.37. The number of nitrogens with two attached hydrogens (primary N) is 1. The fourth-order valence-electron chi connectivity index (χ4n) is 1.09. The van der Waals surface area contributed by atoms with Gasteiger partial charge in [0, 0.05) is 17.5 Å². The SMILES string of the molecule is CC(C)(CN)c1nc(-c2ccsc2)no1. The first kappa shape index (κ1) is 10.3. The van der Waals surface area contributed by atoms with Gasteiger partial charge in [-0.05, 0) is 25.3 Å². The second-order valence-electron chi connectivity index (χ2n) is 4.02. The van der Waals surface area contributed by atoms with Gasteiger partial charge in [-0.1, -0.05) is 5.16 Å². The van der Waals surface area contributed by atoms with Crippen molar-refractivity contribution < 1.29 is 4.52 Å². The van der Waals surface area contributed by atoms with Crippen molar-refractivity contribution in [3.63, 3.8) is 0 Å². The van der Waals surface area contributed by atoms with Gasteiger partial charge in [-0.15, -0.1) is 0 Å². The fourth-order valence-corrected chi connectivity index (χ4v) is 1.73. The zero-order chi connectivity index (χ0) is 10.9. The fraction of sp³-hybridized carbons (Fsp3) is 0.400. The average molecular weight is 223 g/mol. The molecule has 2 N–H and O–H groups in total. The van der Waals surface area contributed by atoms with Crippen molar-refractivity contribution in [2.75, 3.05) is 6.54 Å². The van der Waals surface area contributed by atoms with Gasteiger partial charge in [-0.25, -0.2) is 0 Å². The molecule has 0 radical (unpaired) electrons. The Balaban J connectivity index is 2.33. The van der Waals surface area contributed by atoms with Crippen LogP contribution < -0.4 is 5.73 Å². The van der Waals surface area contributed by atoms with Crippen LogP contribution in [0.3, 0.4) is 0 Å². The molecule has 2 aromatic rings. The van der Waals surface area contributed by atoms with Crippen molar-refractivity contribution in [2.45, 2.75) is 19.3 Å². The number of rotatable bonds is 3. The highest BCUT2D eigenvalue weighted by Crippen LogP contribution is 2.24. The number of nitrogens with zero attached hydrogens (tertiary/aromatic N) is 2. The van der Waals surface area contributed by atoms with E-state index < -0.39 is 0 Å². The molecule has 5 heteroatoms. The average Bonchev–Trinajstić information content (AvgIpc) is 2.88. The standard InChI is InChI=1S/C10H13N3OS/c1-10(2,6-11)9-12-8(13-14-9)7-3-4-15-5-7/h3-5H,6,11H2,1-2H3. The van der Waals surface area contributed by atoms with Crippen LogP contribution in [0.2, 0.25) is 0 Å². The van der Waals surface area contributed by atoms with Crippen LogP contribution in [0.1, 0.15) is 19.7 Å². The number of aromatic nitrogens is 2. The molecule has 0 bridgehead atoms. The van der Waals surface area contributed by atoms with E-state index in [1.807, 2.05) is 30.7 Å². The first-order chi connectivity index (χ1) is 7.13. The van der Waals surface area contributed by atoms with Crippen molar-refractivity contribution in [1.82, 2.24) is 10.1 Å². The van der Waals surface area contributed by atoms with Crippen molar-refractivity contribution in [1.29, 1.82) is 0 Å². The first-order valence-electron chi connectivity index (χ1n) is 4.70. The lowest BCUT2D eigenvalue weighted by Gasteiger charge is -2.15. The Morgan fingerprint density at radius 3 is 2.93 bits per heavy atom. The van der Waals surface area contributed by atoms with Gasteiger partial charge in [-0.3, -0.25) is 0 Å². The smallest absolute Gasteiger partial charge is 0.233 e. The molecule has 2 aromatic heterocycles. The van der Waals surface area contributed by atoms with E-state index in [-0.39, 0.29) is 5.41 Å². The first-order valence-corrected chi connectivity index (χ1v) is 5.64. The van der Waals surface area contributed by atoms with E-state index in [1.54, 1.807) is 11.3 Å². The van der Waals surface area contributed by atoms with Crippen LogP contribution in [0.4, 0.5) is 0 Å². The zero-order valence-corrected chi connectivity index (χ0v) is 9.54. The van der Waals surface area contributed by atoms with Gasteiger partial charge in [0.2, 0.25) is 11.7 Å². The molecule has 0 atom stereocenters. The van der Waals surface area contributed by atoms with E-state index in [0.29, 0.717) is 18.3 Å². The molecule has 0 fully saturated rings. The highest BCUT2D eigenvalue weighted by Gasteiger charge is 2.26. The highest BCUT2D eigenvalue weighted by molar-refractivity contribution is 7.08. The van der Waals surface area contributed by atoms with Crippen LogP contribution >= 0.6 is 11.3 Å². The molecule has 2 rings (SSSR count). The molecule has 0 aliphatic rings. The van der Waals surface area contributed by atoms with Crippen LogP contribution in [0.5, 0.6) is 0 Å². The van der Waals surface area contributed by atoms with Crippen LogP contribution in [-0.2, 0) is 5.41 Å². The van der Waals surface area contributed by atoms with E-state index in [1.165, 1.54) is 0 Å². The predicted octanol–water partition coefficient (Wildman–Crippen LogP) is 2.03. The molecule has 15 heavy (non-hydrogen) atoms. The maximum Gasteiger partial charge on any atom is 0.233 e. The summed E-state index contributed by atoms with van der Waals surface area (Å²) < 4.78 is 5.21. The van der Waals surface area contributed by atoms with E-state index in [4.69, 9.17) is 10.3 Å². The third kappa shape index (κ3) is 1.93. The van der Waals surface area contributed by atoms with Gasteiger partial charge < -0.3 is 10.3 Å². The van der Waals surface area contributed by atoms with Crippen LogP contribution in [-0.4, -0.2) is 16.7 Å². The van der Waals surface area contributed by atoms with Crippen LogP contribution in [0.25, 0.3) is 11.4 Å². The lowest BCUT2D eigenvalue weighted by molar-refractivity contribution is 0.311.